The van der Waals surface area contributed by atoms with Crippen molar-refractivity contribution in [1.29, 1.82) is 0 Å². The molecule has 2 aromatic carbocycles. The summed E-state index contributed by atoms with van der Waals surface area (Å²) in [7, 11) is 1.56. The molecule has 19 heavy (non-hydrogen) atoms. The van der Waals surface area contributed by atoms with Gasteiger partial charge in [-0.2, -0.15) is 0 Å². The van der Waals surface area contributed by atoms with Crippen LogP contribution in [0.2, 0.25) is 5.02 Å². The number of rotatable bonds is 5. The molecule has 0 radical (unpaired) electrons. The molecule has 0 saturated carbocycles. The highest BCUT2D eigenvalue weighted by Crippen LogP contribution is 2.33. The molecule has 100 valence electrons. The van der Waals surface area contributed by atoms with Crippen LogP contribution in [0.15, 0.2) is 42.5 Å². The van der Waals surface area contributed by atoms with Gasteiger partial charge in [0.15, 0.2) is 11.5 Å². The van der Waals surface area contributed by atoms with E-state index in [1.54, 1.807) is 19.2 Å². The Morgan fingerprint density at radius 3 is 2.47 bits per heavy atom. The van der Waals surface area contributed by atoms with Crippen molar-refractivity contribution < 1.29 is 14.6 Å². The van der Waals surface area contributed by atoms with Gasteiger partial charge in [0.05, 0.1) is 18.7 Å². The lowest BCUT2D eigenvalue weighted by atomic mass is 10.2. The third-order valence-electron chi connectivity index (χ3n) is 2.74. The summed E-state index contributed by atoms with van der Waals surface area (Å²) in [6.45, 7) is 0.306. The van der Waals surface area contributed by atoms with Gasteiger partial charge in [0.25, 0.3) is 0 Å². The van der Waals surface area contributed by atoms with Gasteiger partial charge < -0.3 is 14.6 Å². The molecule has 2 aromatic rings. The Kier molecular flexibility index (Phi) is 4.66. The second-order valence-corrected chi connectivity index (χ2v) is 4.43. The minimum atomic E-state index is -0.131. The van der Waals surface area contributed by atoms with E-state index in [2.05, 4.69) is 0 Å². The van der Waals surface area contributed by atoms with Crippen LogP contribution in [0.25, 0.3) is 0 Å². The normalized spacial score (nSPS) is 10.3. The van der Waals surface area contributed by atoms with E-state index < -0.39 is 0 Å². The van der Waals surface area contributed by atoms with E-state index >= 15 is 0 Å². The van der Waals surface area contributed by atoms with Crippen LogP contribution in [0.1, 0.15) is 11.1 Å². The summed E-state index contributed by atoms with van der Waals surface area (Å²) in [5, 5.41) is 9.62. The third kappa shape index (κ3) is 3.40. The third-order valence-corrected chi connectivity index (χ3v) is 3.09. The Labute approximate surface area is 117 Å². The molecule has 0 amide bonds. The molecule has 2 rings (SSSR count). The van der Waals surface area contributed by atoms with Crippen LogP contribution in [0, 0.1) is 0 Å². The summed E-state index contributed by atoms with van der Waals surface area (Å²) in [6.07, 6.45) is 0. The lowest BCUT2D eigenvalue weighted by Crippen LogP contribution is -1.99. The maximum atomic E-state index is 9.16. The van der Waals surface area contributed by atoms with Crippen LogP contribution >= 0.6 is 11.6 Å². The highest BCUT2D eigenvalue weighted by molar-refractivity contribution is 6.31. The number of aliphatic hydroxyl groups excluding tert-OH is 1. The molecule has 0 aromatic heterocycles. The molecular formula is C15H15ClO3. The second-order valence-electron chi connectivity index (χ2n) is 4.03. The zero-order valence-corrected chi connectivity index (χ0v) is 11.4. The van der Waals surface area contributed by atoms with Gasteiger partial charge in [0.2, 0.25) is 0 Å². The molecule has 0 aliphatic carbocycles. The van der Waals surface area contributed by atoms with Crippen LogP contribution in [0.5, 0.6) is 11.5 Å². The van der Waals surface area contributed by atoms with Crippen molar-refractivity contribution in [3.8, 4) is 11.5 Å². The molecule has 0 fully saturated rings. The highest BCUT2D eigenvalue weighted by Gasteiger charge is 2.10. The van der Waals surface area contributed by atoms with Crippen LogP contribution in [0.3, 0.4) is 0 Å². The van der Waals surface area contributed by atoms with E-state index in [9.17, 15) is 0 Å². The Hall–Kier alpha value is -1.71. The molecule has 0 spiro atoms. The van der Waals surface area contributed by atoms with Gasteiger partial charge >= 0.3 is 0 Å². The summed E-state index contributed by atoms with van der Waals surface area (Å²) >= 11 is 6.04. The zero-order valence-electron chi connectivity index (χ0n) is 10.6. The zero-order chi connectivity index (χ0) is 13.7. The number of hydrogen-bond donors (Lipinski definition) is 1. The molecule has 0 unspecified atom stereocenters. The van der Waals surface area contributed by atoms with Crippen molar-refractivity contribution in [2.75, 3.05) is 7.11 Å². The van der Waals surface area contributed by atoms with Gasteiger partial charge in [0, 0.05) is 6.07 Å². The number of benzene rings is 2. The van der Waals surface area contributed by atoms with Crippen LogP contribution < -0.4 is 9.47 Å². The predicted octanol–water partition coefficient (Wildman–Crippen LogP) is 3.42. The van der Waals surface area contributed by atoms with Crippen molar-refractivity contribution in [2.24, 2.45) is 0 Å². The molecular weight excluding hydrogens is 264 g/mol. The molecule has 0 aliphatic rings. The Balaban J connectivity index is 2.18. The number of methoxy groups -OCH3 is 1. The van der Waals surface area contributed by atoms with E-state index in [1.807, 2.05) is 30.3 Å². The number of ether oxygens (including phenoxy) is 2. The minimum Gasteiger partial charge on any atom is -0.493 e. The van der Waals surface area contributed by atoms with Gasteiger partial charge in [0.1, 0.15) is 6.61 Å². The molecule has 4 heteroatoms. The predicted molar refractivity (Wildman–Crippen MR) is 74.7 cm³/mol. The summed E-state index contributed by atoms with van der Waals surface area (Å²) in [4.78, 5) is 0. The van der Waals surface area contributed by atoms with Crippen molar-refractivity contribution >= 4 is 11.6 Å². The molecule has 0 saturated heterocycles. The number of hydrogen-bond acceptors (Lipinski definition) is 3. The fraction of sp³-hybridized carbons (Fsp3) is 0.200. The number of halogens is 1. The maximum absolute atomic E-state index is 9.16. The SMILES string of the molecule is COc1cc(CO)c(Cl)cc1OCc1ccccc1. The minimum absolute atomic E-state index is 0.131. The van der Waals surface area contributed by atoms with Crippen molar-refractivity contribution in [3.63, 3.8) is 0 Å². The van der Waals surface area contributed by atoms with Gasteiger partial charge in [-0.25, -0.2) is 0 Å². The largest absolute Gasteiger partial charge is 0.493 e. The van der Waals surface area contributed by atoms with E-state index in [1.165, 1.54) is 0 Å². The molecule has 0 bridgehead atoms. The fourth-order valence-corrected chi connectivity index (χ4v) is 1.92. The van der Waals surface area contributed by atoms with E-state index in [0.717, 1.165) is 5.56 Å². The monoisotopic (exact) mass is 278 g/mol. The van der Waals surface area contributed by atoms with Gasteiger partial charge in [-0.05, 0) is 17.2 Å². The summed E-state index contributed by atoms with van der Waals surface area (Å²) < 4.78 is 10.9. The van der Waals surface area contributed by atoms with E-state index in [4.69, 9.17) is 26.2 Å². The first-order valence-corrected chi connectivity index (χ1v) is 6.26. The average Bonchev–Trinajstić information content (AvgIpc) is 2.46. The molecule has 0 heterocycles. The van der Waals surface area contributed by atoms with Crippen molar-refractivity contribution in [1.82, 2.24) is 0 Å². The smallest absolute Gasteiger partial charge is 0.163 e. The Morgan fingerprint density at radius 1 is 1.11 bits per heavy atom. The quantitative estimate of drug-likeness (QED) is 0.911. The second kappa shape index (κ2) is 6.45. The standard InChI is InChI=1S/C15H15ClO3/c1-18-14-7-12(9-17)13(16)8-15(14)19-10-11-5-3-2-4-6-11/h2-8,17H,9-10H2,1H3. The lowest BCUT2D eigenvalue weighted by molar-refractivity contribution is 0.274. The Bertz CT molecular complexity index is 541. The molecule has 1 N–H and O–H groups in total. The average molecular weight is 279 g/mol. The van der Waals surface area contributed by atoms with Gasteiger partial charge in [-0.15, -0.1) is 0 Å². The van der Waals surface area contributed by atoms with Crippen molar-refractivity contribution in [3.05, 3.63) is 58.6 Å². The summed E-state index contributed by atoms with van der Waals surface area (Å²) in [5.74, 6) is 1.12. The highest BCUT2D eigenvalue weighted by atomic mass is 35.5. The Morgan fingerprint density at radius 2 is 1.84 bits per heavy atom. The first kappa shape index (κ1) is 13.7. The first-order valence-electron chi connectivity index (χ1n) is 5.88. The van der Waals surface area contributed by atoms with Gasteiger partial charge in [-0.1, -0.05) is 41.9 Å². The van der Waals surface area contributed by atoms with Crippen LogP contribution in [0.4, 0.5) is 0 Å². The van der Waals surface area contributed by atoms with Crippen LogP contribution in [-0.2, 0) is 13.2 Å². The maximum Gasteiger partial charge on any atom is 0.163 e. The first-order chi connectivity index (χ1) is 9.24. The molecule has 0 atom stereocenters. The van der Waals surface area contributed by atoms with E-state index in [0.29, 0.717) is 28.7 Å². The lowest BCUT2D eigenvalue weighted by Gasteiger charge is -2.13. The van der Waals surface area contributed by atoms with Gasteiger partial charge in [-0.3, -0.25) is 0 Å². The molecule has 3 nitrogen and oxygen atoms in total. The molecule has 0 aliphatic heterocycles. The fourth-order valence-electron chi connectivity index (χ4n) is 1.71. The van der Waals surface area contributed by atoms with Crippen molar-refractivity contribution in [2.45, 2.75) is 13.2 Å². The summed E-state index contributed by atoms with van der Waals surface area (Å²) in [5.41, 5.74) is 1.68. The van der Waals surface area contributed by atoms with E-state index in [-0.39, 0.29) is 6.61 Å². The number of aliphatic hydroxyl groups is 1. The van der Waals surface area contributed by atoms with Crippen LogP contribution in [-0.4, -0.2) is 12.2 Å². The summed E-state index contributed by atoms with van der Waals surface area (Å²) in [6, 6.07) is 13.2. The topological polar surface area (TPSA) is 38.7 Å².